The number of benzene rings is 2. The van der Waals surface area contributed by atoms with Gasteiger partial charge in [-0.1, -0.05) is 41.4 Å². The van der Waals surface area contributed by atoms with Crippen molar-refractivity contribution in [1.82, 2.24) is 0 Å². The Kier molecular flexibility index (Phi) is 6.92. The Balaban J connectivity index is 1.99. The van der Waals surface area contributed by atoms with Gasteiger partial charge in [0, 0.05) is 28.7 Å². The molecule has 0 bridgehead atoms. The van der Waals surface area contributed by atoms with Crippen molar-refractivity contribution in [2.24, 2.45) is 0 Å². The van der Waals surface area contributed by atoms with E-state index in [1.165, 1.54) is 4.31 Å². The molecule has 26 heavy (non-hydrogen) atoms. The van der Waals surface area contributed by atoms with Crippen LogP contribution in [-0.2, 0) is 14.8 Å². The Bertz CT molecular complexity index is 881. The summed E-state index contributed by atoms with van der Waals surface area (Å²) in [6.07, 6.45) is 1.71. The molecule has 1 amide bonds. The molecular weight excluding hydrogens is 395 g/mol. The molecule has 0 saturated heterocycles. The van der Waals surface area contributed by atoms with Gasteiger partial charge in [-0.15, -0.1) is 0 Å². The number of hydrogen-bond donors (Lipinski definition) is 1. The summed E-state index contributed by atoms with van der Waals surface area (Å²) in [6, 6.07) is 12.0. The minimum Gasteiger partial charge on any atom is -0.326 e. The molecule has 5 nitrogen and oxygen atoms in total. The van der Waals surface area contributed by atoms with Crippen molar-refractivity contribution in [2.45, 2.75) is 19.8 Å². The molecule has 2 aromatic rings. The van der Waals surface area contributed by atoms with E-state index in [2.05, 4.69) is 5.32 Å². The smallest absolute Gasteiger partial charge is 0.232 e. The lowest BCUT2D eigenvalue weighted by Crippen LogP contribution is -2.32. The van der Waals surface area contributed by atoms with Crippen molar-refractivity contribution in [3.63, 3.8) is 0 Å². The molecule has 2 rings (SSSR count). The lowest BCUT2D eigenvalue weighted by molar-refractivity contribution is -0.116. The van der Waals surface area contributed by atoms with Gasteiger partial charge < -0.3 is 5.32 Å². The summed E-state index contributed by atoms with van der Waals surface area (Å²) < 4.78 is 25.6. The van der Waals surface area contributed by atoms with Gasteiger partial charge in [0.1, 0.15) is 0 Å². The number of nitrogens with zero attached hydrogens (tertiary/aromatic N) is 1. The number of carbonyl (C=O) groups excluding carboxylic acids is 1. The number of rotatable bonds is 7. The molecule has 8 heteroatoms. The predicted molar refractivity (Wildman–Crippen MR) is 108 cm³/mol. The summed E-state index contributed by atoms with van der Waals surface area (Å²) in [7, 11) is -3.44. The SMILES string of the molecule is Cc1ccccc1N(CCCC(=O)Nc1cc(Cl)cc(Cl)c1)S(C)(=O)=O. The van der Waals surface area contributed by atoms with Gasteiger partial charge in [0.05, 0.1) is 11.9 Å². The zero-order chi connectivity index (χ0) is 19.3. The van der Waals surface area contributed by atoms with Crippen LogP contribution in [0.1, 0.15) is 18.4 Å². The first kappa shape index (κ1) is 20.6. The first-order valence-electron chi connectivity index (χ1n) is 7.96. The maximum Gasteiger partial charge on any atom is 0.232 e. The maximum atomic E-state index is 12.1. The van der Waals surface area contributed by atoms with Crippen LogP contribution < -0.4 is 9.62 Å². The topological polar surface area (TPSA) is 66.5 Å². The number of sulfonamides is 1. The summed E-state index contributed by atoms with van der Waals surface area (Å²) in [5, 5.41) is 3.56. The van der Waals surface area contributed by atoms with E-state index in [9.17, 15) is 13.2 Å². The molecular formula is C18H20Cl2N2O3S. The molecule has 0 heterocycles. The Morgan fingerprint density at radius 2 is 1.73 bits per heavy atom. The van der Waals surface area contributed by atoms with E-state index >= 15 is 0 Å². The number of anilines is 2. The minimum atomic E-state index is -3.44. The van der Waals surface area contributed by atoms with Crippen LogP contribution in [-0.4, -0.2) is 27.1 Å². The quantitative estimate of drug-likeness (QED) is 0.725. The zero-order valence-corrected chi connectivity index (χ0v) is 16.8. The van der Waals surface area contributed by atoms with Crippen LogP contribution in [0.3, 0.4) is 0 Å². The molecule has 0 radical (unpaired) electrons. The number of carbonyl (C=O) groups is 1. The van der Waals surface area contributed by atoms with Crippen LogP contribution in [0, 0.1) is 6.92 Å². The van der Waals surface area contributed by atoms with E-state index in [0.717, 1.165) is 11.8 Å². The molecule has 0 aromatic heterocycles. The normalized spacial score (nSPS) is 11.2. The summed E-state index contributed by atoms with van der Waals surface area (Å²) in [4.78, 5) is 12.1. The molecule has 140 valence electrons. The highest BCUT2D eigenvalue weighted by molar-refractivity contribution is 7.92. The highest BCUT2D eigenvalue weighted by Gasteiger charge is 2.19. The zero-order valence-electron chi connectivity index (χ0n) is 14.5. The van der Waals surface area contributed by atoms with Crippen molar-refractivity contribution < 1.29 is 13.2 Å². The first-order valence-corrected chi connectivity index (χ1v) is 10.6. The fourth-order valence-corrected chi connectivity index (χ4v) is 4.09. The van der Waals surface area contributed by atoms with Crippen molar-refractivity contribution in [3.8, 4) is 0 Å². The van der Waals surface area contributed by atoms with Crippen LogP contribution in [0.5, 0.6) is 0 Å². The lowest BCUT2D eigenvalue weighted by Gasteiger charge is -2.24. The van der Waals surface area contributed by atoms with E-state index < -0.39 is 10.0 Å². The molecule has 0 atom stereocenters. The largest absolute Gasteiger partial charge is 0.326 e. The van der Waals surface area contributed by atoms with Crippen molar-refractivity contribution >= 4 is 50.5 Å². The van der Waals surface area contributed by atoms with Gasteiger partial charge in [-0.2, -0.15) is 0 Å². The lowest BCUT2D eigenvalue weighted by atomic mass is 10.2. The summed E-state index contributed by atoms with van der Waals surface area (Å²) >= 11 is 11.8. The van der Waals surface area contributed by atoms with Gasteiger partial charge in [-0.05, 0) is 43.2 Å². The van der Waals surface area contributed by atoms with E-state index in [1.807, 2.05) is 19.1 Å². The fourth-order valence-electron chi connectivity index (χ4n) is 2.54. The first-order chi connectivity index (χ1) is 12.2. The molecule has 2 aromatic carbocycles. The standard InChI is InChI=1S/C18H20Cl2N2O3S/c1-13-6-3-4-7-17(13)22(26(2,24)25)9-5-8-18(23)21-16-11-14(19)10-15(20)12-16/h3-4,6-7,10-12H,5,8-9H2,1-2H3,(H,21,23). The second kappa shape index (κ2) is 8.75. The van der Waals surface area contributed by atoms with Crippen molar-refractivity contribution in [2.75, 3.05) is 22.4 Å². The predicted octanol–water partition coefficient (Wildman–Crippen LogP) is 4.49. The van der Waals surface area contributed by atoms with Gasteiger partial charge in [0.2, 0.25) is 15.9 Å². The average molecular weight is 415 g/mol. The van der Waals surface area contributed by atoms with Gasteiger partial charge in [-0.25, -0.2) is 8.42 Å². The third-order valence-corrected chi connectivity index (χ3v) is 5.31. The van der Waals surface area contributed by atoms with Gasteiger partial charge >= 0.3 is 0 Å². The summed E-state index contributed by atoms with van der Waals surface area (Å²) in [6.45, 7) is 2.07. The van der Waals surface area contributed by atoms with E-state index in [0.29, 0.717) is 27.8 Å². The summed E-state index contributed by atoms with van der Waals surface area (Å²) in [5.41, 5.74) is 1.99. The van der Waals surface area contributed by atoms with Crippen LogP contribution in [0.15, 0.2) is 42.5 Å². The molecule has 0 unspecified atom stereocenters. The van der Waals surface area contributed by atoms with Gasteiger partial charge in [-0.3, -0.25) is 9.10 Å². The Morgan fingerprint density at radius 3 is 2.31 bits per heavy atom. The Morgan fingerprint density at radius 1 is 1.12 bits per heavy atom. The number of hydrogen-bond acceptors (Lipinski definition) is 3. The molecule has 0 spiro atoms. The molecule has 0 aliphatic rings. The van der Waals surface area contributed by atoms with Gasteiger partial charge in [0.25, 0.3) is 0 Å². The third kappa shape index (κ3) is 5.90. The molecule has 0 fully saturated rings. The number of amides is 1. The van der Waals surface area contributed by atoms with Crippen LogP contribution in [0.2, 0.25) is 10.0 Å². The molecule has 0 aliphatic heterocycles. The monoisotopic (exact) mass is 414 g/mol. The Hall–Kier alpha value is -1.76. The number of halogens is 2. The van der Waals surface area contributed by atoms with E-state index in [4.69, 9.17) is 23.2 Å². The van der Waals surface area contributed by atoms with Crippen LogP contribution in [0.4, 0.5) is 11.4 Å². The van der Waals surface area contributed by atoms with Crippen LogP contribution in [0.25, 0.3) is 0 Å². The van der Waals surface area contributed by atoms with Crippen molar-refractivity contribution in [1.29, 1.82) is 0 Å². The second-order valence-corrected chi connectivity index (χ2v) is 8.71. The minimum absolute atomic E-state index is 0.169. The third-order valence-electron chi connectivity index (χ3n) is 3.70. The number of para-hydroxylation sites is 1. The molecule has 1 N–H and O–H groups in total. The summed E-state index contributed by atoms with van der Waals surface area (Å²) in [5.74, 6) is -0.235. The fraction of sp³-hybridized carbons (Fsp3) is 0.278. The van der Waals surface area contributed by atoms with Crippen LogP contribution >= 0.6 is 23.2 Å². The number of aryl methyl sites for hydroxylation is 1. The highest BCUT2D eigenvalue weighted by atomic mass is 35.5. The highest BCUT2D eigenvalue weighted by Crippen LogP contribution is 2.24. The second-order valence-electron chi connectivity index (χ2n) is 5.93. The Labute approximate surface area is 164 Å². The van der Waals surface area contributed by atoms with Crippen molar-refractivity contribution in [3.05, 3.63) is 58.1 Å². The molecule has 0 aliphatic carbocycles. The average Bonchev–Trinajstić information content (AvgIpc) is 2.50. The number of nitrogens with one attached hydrogen (secondary N) is 1. The van der Waals surface area contributed by atoms with E-state index in [-0.39, 0.29) is 18.9 Å². The maximum absolute atomic E-state index is 12.1. The van der Waals surface area contributed by atoms with Gasteiger partial charge in [0.15, 0.2) is 0 Å². The molecule has 0 saturated carbocycles. The van der Waals surface area contributed by atoms with E-state index in [1.54, 1.807) is 30.3 Å².